The van der Waals surface area contributed by atoms with E-state index in [1.807, 2.05) is 0 Å². The Morgan fingerprint density at radius 1 is 1.22 bits per heavy atom. The average molecular weight is 253 g/mol. The van der Waals surface area contributed by atoms with Crippen molar-refractivity contribution in [2.75, 3.05) is 26.4 Å². The molecule has 3 heterocycles. The smallest absolute Gasteiger partial charge is 0.223 e. The molecule has 0 aromatic rings. The molecule has 102 valence electrons. The largest absolute Gasteiger partial charge is 0.378 e. The molecule has 4 nitrogen and oxygen atoms in total. The molecule has 0 aromatic heterocycles. The Labute approximate surface area is 108 Å². The van der Waals surface area contributed by atoms with E-state index in [4.69, 9.17) is 9.47 Å². The third-order valence-corrected chi connectivity index (χ3v) is 4.75. The van der Waals surface area contributed by atoms with Crippen molar-refractivity contribution < 1.29 is 14.3 Å². The maximum absolute atomic E-state index is 12.1. The van der Waals surface area contributed by atoms with E-state index in [0.717, 1.165) is 58.5 Å². The summed E-state index contributed by atoms with van der Waals surface area (Å²) in [5, 5.41) is 3.06. The average Bonchev–Trinajstić information content (AvgIpc) is 2.70. The van der Waals surface area contributed by atoms with E-state index in [1.165, 1.54) is 6.42 Å². The number of carbonyl (C=O) groups excluding carboxylic acids is 1. The Morgan fingerprint density at radius 2 is 2.17 bits per heavy atom. The van der Waals surface area contributed by atoms with E-state index in [1.54, 1.807) is 0 Å². The zero-order chi connectivity index (χ0) is 12.4. The first-order valence-electron chi connectivity index (χ1n) is 7.29. The molecule has 1 amide bonds. The topological polar surface area (TPSA) is 47.6 Å². The second-order valence-electron chi connectivity index (χ2n) is 5.98. The fourth-order valence-corrected chi connectivity index (χ4v) is 3.69. The van der Waals surface area contributed by atoms with E-state index in [0.29, 0.717) is 5.92 Å². The molecule has 18 heavy (non-hydrogen) atoms. The van der Waals surface area contributed by atoms with E-state index in [9.17, 15) is 4.79 Å². The lowest BCUT2D eigenvalue weighted by Gasteiger charge is -2.39. The highest BCUT2D eigenvalue weighted by Crippen LogP contribution is 2.40. The maximum atomic E-state index is 12.1. The van der Waals surface area contributed by atoms with Gasteiger partial charge in [-0.3, -0.25) is 4.79 Å². The summed E-state index contributed by atoms with van der Waals surface area (Å²) in [4.78, 5) is 12.1. The maximum Gasteiger partial charge on any atom is 0.223 e. The summed E-state index contributed by atoms with van der Waals surface area (Å²) >= 11 is 0. The molecular weight excluding hydrogens is 230 g/mol. The molecule has 3 aliphatic heterocycles. The van der Waals surface area contributed by atoms with Crippen LogP contribution in [0.4, 0.5) is 0 Å². The minimum Gasteiger partial charge on any atom is -0.378 e. The number of carbonyl (C=O) groups is 1. The van der Waals surface area contributed by atoms with Crippen molar-refractivity contribution in [3.63, 3.8) is 0 Å². The SMILES string of the molecule is O=C1NCCCCC1C1CCOC2(CCOC2)C1. The van der Waals surface area contributed by atoms with Gasteiger partial charge in [0.2, 0.25) is 5.91 Å². The van der Waals surface area contributed by atoms with Gasteiger partial charge in [0.05, 0.1) is 12.2 Å². The van der Waals surface area contributed by atoms with Gasteiger partial charge < -0.3 is 14.8 Å². The molecule has 3 aliphatic rings. The lowest BCUT2D eigenvalue weighted by molar-refractivity contribution is -0.134. The van der Waals surface area contributed by atoms with Crippen LogP contribution in [0, 0.1) is 11.8 Å². The van der Waals surface area contributed by atoms with Crippen LogP contribution in [-0.4, -0.2) is 37.9 Å². The van der Waals surface area contributed by atoms with Gasteiger partial charge in [-0.25, -0.2) is 0 Å². The van der Waals surface area contributed by atoms with Crippen molar-refractivity contribution in [1.29, 1.82) is 0 Å². The van der Waals surface area contributed by atoms with Gasteiger partial charge in [0.25, 0.3) is 0 Å². The molecule has 3 saturated heterocycles. The fourth-order valence-electron chi connectivity index (χ4n) is 3.69. The van der Waals surface area contributed by atoms with Gasteiger partial charge in [0.15, 0.2) is 0 Å². The Hall–Kier alpha value is -0.610. The molecule has 0 saturated carbocycles. The standard InChI is InChI=1S/C14H23NO3/c16-13-12(3-1-2-6-15-13)11-4-7-18-14(9-11)5-8-17-10-14/h11-12H,1-10H2,(H,15,16). The third kappa shape index (κ3) is 2.41. The predicted molar refractivity (Wildman–Crippen MR) is 67.2 cm³/mol. The first-order chi connectivity index (χ1) is 8.79. The van der Waals surface area contributed by atoms with Crippen LogP contribution in [0.3, 0.4) is 0 Å². The lowest BCUT2D eigenvalue weighted by Crippen LogP contribution is -2.45. The van der Waals surface area contributed by atoms with Gasteiger partial charge in [-0.1, -0.05) is 6.42 Å². The molecule has 4 heteroatoms. The highest BCUT2D eigenvalue weighted by Gasteiger charge is 2.44. The molecule has 1 N–H and O–H groups in total. The first kappa shape index (κ1) is 12.4. The van der Waals surface area contributed by atoms with Crippen LogP contribution in [0.2, 0.25) is 0 Å². The molecule has 0 radical (unpaired) electrons. The van der Waals surface area contributed by atoms with Gasteiger partial charge in [0, 0.05) is 32.1 Å². The number of nitrogens with one attached hydrogen (secondary N) is 1. The van der Waals surface area contributed by atoms with Crippen LogP contribution >= 0.6 is 0 Å². The highest BCUT2D eigenvalue weighted by atomic mass is 16.6. The molecule has 3 atom stereocenters. The summed E-state index contributed by atoms with van der Waals surface area (Å²) in [6.45, 7) is 3.17. The van der Waals surface area contributed by atoms with Gasteiger partial charge in [-0.05, 0) is 31.6 Å². The van der Waals surface area contributed by atoms with Gasteiger partial charge >= 0.3 is 0 Å². The fraction of sp³-hybridized carbons (Fsp3) is 0.929. The molecule has 3 rings (SSSR count). The van der Waals surface area contributed by atoms with Gasteiger partial charge in [0.1, 0.15) is 0 Å². The molecule has 0 aliphatic carbocycles. The van der Waals surface area contributed by atoms with Crippen molar-refractivity contribution in [2.24, 2.45) is 11.8 Å². The van der Waals surface area contributed by atoms with Crippen LogP contribution in [0.1, 0.15) is 38.5 Å². The van der Waals surface area contributed by atoms with E-state index >= 15 is 0 Å². The van der Waals surface area contributed by atoms with Crippen molar-refractivity contribution in [1.82, 2.24) is 5.32 Å². The number of amides is 1. The Bertz CT molecular complexity index is 312. The zero-order valence-corrected chi connectivity index (χ0v) is 11.0. The van der Waals surface area contributed by atoms with Gasteiger partial charge in [-0.2, -0.15) is 0 Å². The quantitative estimate of drug-likeness (QED) is 0.770. The number of hydrogen-bond acceptors (Lipinski definition) is 3. The summed E-state index contributed by atoms with van der Waals surface area (Å²) < 4.78 is 11.5. The summed E-state index contributed by atoms with van der Waals surface area (Å²) in [5.74, 6) is 0.959. The molecule has 1 spiro atoms. The lowest BCUT2D eigenvalue weighted by atomic mass is 9.76. The van der Waals surface area contributed by atoms with E-state index in [-0.39, 0.29) is 17.4 Å². The van der Waals surface area contributed by atoms with Crippen LogP contribution in [0.15, 0.2) is 0 Å². The molecule has 0 bridgehead atoms. The molecule has 3 unspecified atom stereocenters. The summed E-state index contributed by atoms with van der Waals surface area (Å²) in [6.07, 6.45) is 6.38. The second kappa shape index (κ2) is 5.17. The van der Waals surface area contributed by atoms with Crippen molar-refractivity contribution in [3.05, 3.63) is 0 Å². The number of hydrogen-bond donors (Lipinski definition) is 1. The van der Waals surface area contributed by atoms with Crippen molar-refractivity contribution in [3.8, 4) is 0 Å². The van der Waals surface area contributed by atoms with Crippen molar-refractivity contribution in [2.45, 2.75) is 44.1 Å². The summed E-state index contributed by atoms with van der Waals surface area (Å²) in [7, 11) is 0. The summed E-state index contributed by atoms with van der Waals surface area (Å²) in [5.41, 5.74) is -0.0739. The third-order valence-electron chi connectivity index (χ3n) is 4.75. The molecular formula is C14H23NO3. The zero-order valence-electron chi connectivity index (χ0n) is 11.0. The number of rotatable bonds is 1. The first-order valence-corrected chi connectivity index (χ1v) is 7.29. The van der Waals surface area contributed by atoms with E-state index in [2.05, 4.69) is 5.32 Å². The highest BCUT2D eigenvalue weighted by molar-refractivity contribution is 5.79. The predicted octanol–water partition coefficient (Wildman–Crippen LogP) is 1.49. The Balaban J connectivity index is 1.68. The van der Waals surface area contributed by atoms with Crippen LogP contribution < -0.4 is 5.32 Å². The minimum atomic E-state index is -0.0739. The van der Waals surface area contributed by atoms with Crippen LogP contribution in [0.5, 0.6) is 0 Å². The van der Waals surface area contributed by atoms with E-state index < -0.39 is 0 Å². The Kier molecular flexibility index (Phi) is 3.57. The second-order valence-corrected chi connectivity index (χ2v) is 5.98. The monoisotopic (exact) mass is 253 g/mol. The van der Waals surface area contributed by atoms with Crippen molar-refractivity contribution >= 4 is 5.91 Å². The number of ether oxygens (including phenoxy) is 2. The minimum absolute atomic E-state index is 0.0739. The molecule has 0 aromatic carbocycles. The Morgan fingerprint density at radius 3 is 3.00 bits per heavy atom. The molecule has 3 fully saturated rings. The van der Waals surface area contributed by atoms with Crippen LogP contribution in [0.25, 0.3) is 0 Å². The van der Waals surface area contributed by atoms with Crippen LogP contribution in [-0.2, 0) is 14.3 Å². The summed E-state index contributed by atoms with van der Waals surface area (Å²) in [6, 6.07) is 0. The normalized spacial score (nSPS) is 41.7. The van der Waals surface area contributed by atoms with Gasteiger partial charge in [-0.15, -0.1) is 0 Å².